The molecule has 0 saturated carbocycles. The number of benzene rings is 2. The first-order valence-corrected chi connectivity index (χ1v) is 11.9. The number of carboxylic acid groups (broad SMARTS) is 1. The molecule has 0 aromatic heterocycles. The van der Waals surface area contributed by atoms with Crippen LogP contribution in [0.25, 0.3) is 0 Å². The Bertz CT molecular complexity index is 1360. The standard InChI is InChI=1S/C26H25N3O7/c1-12-3-5-15-22(13(12)2)27-25(34)26(15)21-20(16(28-26)6-8-19(30)31)23(32)29(24(21)33)10-14-4-7-17-18(9-14)36-11-35-17/h3-5,7,9,16,20-21,28H,6,8,10-11H2,1-2H3,(H,27,34)(H,30,31)/t16-,20+,21+,26-/m0/s1. The van der Waals surface area contributed by atoms with E-state index in [-0.39, 0.29) is 26.2 Å². The van der Waals surface area contributed by atoms with Crippen LogP contribution in [0.15, 0.2) is 30.3 Å². The largest absolute Gasteiger partial charge is 0.481 e. The minimum absolute atomic E-state index is 0.0183. The summed E-state index contributed by atoms with van der Waals surface area (Å²) in [6.07, 6.45) is -0.0788. The van der Waals surface area contributed by atoms with Gasteiger partial charge in [-0.3, -0.25) is 29.4 Å². The van der Waals surface area contributed by atoms with Crippen LogP contribution in [0.3, 0.4) is 0 Å². The first kappa shape index (κ1) is 22.5. The van der Waals surface area contributed by atoms with Crippen LogP contribution >= 0.6 is 0 Å². The topological polar surface area (TPSA) is 134 Å². The molecule has 4 atom stereocenters. The van der Waals surface area contributed by atoms with Crippen LogP contribution in [0.1, 0.15) is 35.1 Å². The Hall–Kier alpha value is -3.92. The Morgan fingerprint density at radius 3 is 2.67 bits per heavy atom. The van der Waals surface area contributed by atoms with E-state index >= 15 is 0 Å². The highest BCUT2D eigenvalue weighted by Crippen LogP contribution is 2.54. The van der Waals surface area contributed by atoms with Crippen LogP contribution in [0.2, 0.25) is 0 Å². The summed E-state index contributed by atoms with van der Waals surface area (Å²) in [5, 5.41) is 15.5. The number of imide groups is 1. The average molecular weight is 492 g/mol. The first-order chi connectivity index (χ1) is 17.2. The number of aryl methyl sites for hydroxylation is 1. The predicted octanol–water partition coefficient (Wildman–Crippen LogP) is 1.82. The normalized spacial score (nSPS) is 27.6. The van der Waals surface area contributed by atoms with E-state index < -0.39 is 47.1 Å². The average Bonchev–Trinajstić information content (AvgIpc) is 3.57. The molecule has 4 heterocycles. The van der Waals surface area contributed by atoms with Gasteiger partial charge in [-0.15, -0.1) is 0 Å². The third-order valence-corrected chi connectivity index (χ3v) is 7.96. The van der Waals surface area contributed by atoms with Gasteiger partial charge in [0.05, 0.1) is 18.4 Å². The molecule has 1 spiro atoms. The maximum atomic E-state index is 13.9. The van der Waals surface area contributed by atoms with Gasteiger partial charge in [0, 0.05) is 23.7 Å². The summed E-state index contributed by atoms with van der Waals surface area (Å²) in [6, 6.07) is 8.29. The van der Waals surface area contributed by atoms with E-state index in [0.29, 0.717) is 28.3 Å². The van der Waals surface area contributed by atoms with Crippen molar-refractivity contribution in [3.63, 3.8) is 0 Å². The van der Waals surface area contributed by atoms with Crippen LogP contribution < -0.4 is 20.1 Å². The second-order valence-electron chi connectivity index (χ2n) is 9.83. The number of hydrogen-bond acceptors (Lipinski definition) is 7. The molecule has 6 rings (SSSR count). The fraction of sp³-hybridized carbons (Fsp3) is 0.385. The monoisotopic (exact) mass is 491 g/mol. The van der Waals surface area contributed by atoms with E-state index in [1.54, 1.807) is 18.2 Å². The van der Waals surface area contributed by atoms with Gasteiger partial charge in [0.2, 0.25) is 24.5 Å². The Labute approximate surface area is 206 Å². The zero-order chi connectivity index (χ0) is 25.4. The number of likely N-dealkylation sites (tertiary alicyclic amines) is 1. The molecule has 4 aliphatic heterocycles. The van der Waals surface area contributed by atoms with Crippen molar-refractivity contribution in [2.45, 2.75) is 44.8 Å². The van der Waals surface area contributed by atoms with Crippen molar-refractivity contribution in [3.8, 4) is 11.5 Å². The van der Waals surface area contributed by atoms with E-state index in [1.165, 1.54) is 4.90 Å². The van der Waals surface area contributed by atoms with Gasteiger partial charge >= 0.3 is 5.97 Å². The summed E-state index contributed by atoms with van der Waals surface area (Å²) in [5.41, 5.74) is 2.38. The minimum atomic E-state index is -1.45. The predicted molar refractivity (Wildman–Crippen MR) is 125 cm³/mol. The molecule has 2 saturated heterocycles. The summed E-state index contributed by atoms with van der Waals surface area (Å²) in [6.45, 7) is 3.96. The number of fused-ring (bicyclic) bond motifs is 5. The number of nitrogens with zero attached hydrogens (tertiary/aromatic N) is 1. The van der Waals surface area contributed by atoms with Crippen LogP contribution in [0, 0.1) is 25.7 Å². The third-order valence-electron chi connectivity index (χ3n) is 7.96. The number of nitrogens with one attached hydrogen (secondary N) is 2. The van der Waals surface area contributed by atoms with E-state index in [4.69, 9.17) is 9.47 Å². The molecule has 2 aromatic rings. The van der Waals surface area contributed by atoms with Crippen LogP contribution in [0.4, 0.5) is 5.69 Å². The highest BCUT2D eigenvalue weighted by Gasteiger charge is 2.70. The molecular weight excluding hydrogens is 466 g/mol. The molecule has 36 heavy (non-hydrogen) atoms. The Morgan fingerprint density at radius 2 is 1.89 bits per heavy atom. The van der Waals surface area contributed by atoms with Crippen LogP contribution in [-0.4, -0.2) is 46.5 Å². The van der Waals surface area contributed by atoms with Crippen molar-refractivity contribution in [2.75, 3.05) is 12.1 Å². The first-order valence-electron chi connectivity index (χ1n) is 11.9. The number of amides is 3. The van der Waals surface area contributed by atoms with Gasteiger partial charge in [-0.2, -0.15) is 0 Å². The molecular formula is C26H25N3O7. The summed E-state index contributed by atoms with van der Waals surface area (Å²) >= 11 is 0. The lowest BCUT2D eigenvalue weighted by Gasteiger charge is -2.29. The molecule has 10 nitrogen and oxygen atoms in total. The summed E-state index contributed by atoms with van der Waals surface area (Å²) in [4.78, 5) is 53.7. The maximum Gasteiger partial charge on any atom is 0.303 e. The molecule has 2 fully saturated rings. The number of ether oxygens (including phenoxy) is 2. The maximum absolute atomic E-state index is 13.9. The Morgan fingerprint density at radius 1 is 1.11 bits per heavy atom. The van der Waals surface area contributed by atoms with Crippen molar-refractivity contribution in [3.05, 3.63) is 52.6 Å². The summed E-state index contributed by atoms with van der Waals surface area (Å²) in [7, 11) is 0. The van der Waals surface area contributed by atoms with Gasteiger partial charge in [-0.25, -0.2) is 0 Å². The zero-order valence-corrected chi connectivity index (χ0v) is 19.8. The van der Waals surface area contributed by atoms with E-state index in [9.17, 15) is 24.3 Å². The lowest BCUT2D eigenvalue weighted by Crippen LogP contribution is -2.53. The quantitative estimate of drug-likeness (QED) is 0.540. The fourth-order valence-electron chi connectivity index (χ4n) is 6.08. The molecule has 3 N–H and O–H groups in total. The third kappa shape index (κ3) is 3.00. The second-order valence-corrected chi connectivity index (χ2v) is 9.83. The smallest absolute Gasteiger partial charge is 0.303 e. The number of anilines is 1. The van der Waals surface area contributed by atoms with Crippen LogP contribution in [0.5, 0.6) is 11.5 Å². The molecule has 0 unspecified atom stereocenters. The number of hydrogen-bond donors (Lipinski definition) is 3. The number of aliphatic carboxylic acids is 1. The van der Waals surface area contributed by atoms with Crippen molar-refractivity contribution in [2.24, 2.45) is 11.8 Å². The molecule has 0 aliphatic carbocycles. The molecule has 2 aromatic carbocycles. The highest BCUT2D eigenvalue weighted by molar-refractivity contribution is 6.15. The van der Waals surface area contributed by atoms with Gasteiger partial charge in [0.15, 0.2) is 11.5 Å². The number of carbonyl (C=O) groups is 4. The number of carbonyl (C=O) groups excluding carboxylic acids is 3. The second kappa shape index (κ2) is 7.79. The van der Waals surface area contributed by atoms with E-state index in [1.807, 2.05) is 26.0 Å². The lowest BCUT2D eigenvalue weighted by atomic mass is 9.76. The lowest BCUT2D eigenvalue weighted by molar-refractivity contribution is -0.144. The molecule has 3 amide bonds. The van der Waals surface area contributed by atoms with Gasteiger partial charge in [-0.1, -0.05) is 18.2 Å². The number of carboxylic acids is 1. The van der Waals surface area contributed by atoms with Crippen molar-refractivity contribution < 1.29 is 33.8 Å². The van der Waals surface area contributed by atoms with Gasteiger partial charge in [0.25, 0.3) is 0 Å². The molecule has 186 valence electrons. The van der Waals surface area contributed by atoms with Gasteiger partial charge in [-0.05, 0) is 49.1 Å². The van der Waals surface area contributed by atoms with Gasteiger partial charge in [0.1, 0.15) is 5.54 Å². The Balaban J connectivity index is 1.41. The summed E-state index contributed by atoms with van der Waals surface area (Å²) in [5.74, 6) is -2.97. The van der Waals surface area contributed by atoms with Gasteiger partial charge < -0.3 is 19.9 Å². The summed E-state index contributed by atoms with van der Waals surface area (Å²) < 4.78 is 10.8. The zero-order valence-electron chi connectivity index (χ0n) is 19.8. The highest BCUT2D eigenvalue weighted by atomic mass is 16.7. The van der Waals surface area contributed by atoms with E-state index in [0.717, 1.165) is 11.1 Å². The fourth-order valence-corrected chi connectivity index (χ4v) is 6.08. The number of rotatable bonds is 5. The SMILES string of the molecule is Cc1ccc2c(c1C)NC(=O)[C@]21N[C@@H](CCC(=O)O)[C@H]2C(=O)N(Cc3ccc4c(c3)OCO4)C(=O)[C@@H]21. The van der Waals surface area contributed by atoms with E-state index in [2.05, 4.69) is 10.6 Å². The van der Waals surface area contributed by atoms with Crippen molar-refractivity contribution in [1.82, 2.24) is 10.2 Å². The Kier molecular flexibility index (Phi) is 4.88. The molecule has 10 heteroatoms. The van der Waals surface area contributed by atoms with Crippen molar-refractivity contribution in [1.29, 1.82) is 0 Å². The minimum Gasteiger partial charge on any atom is -0.481 e. The molecule has 0 bridgehead atoms. The van der Waals surface area contributed by atoms with Crippen molar-refractivity contribution >= 4 is 29.4 Å². The molecule has 0 radical (unpaired) electrons. The molecule has 4 aliphatic rings. The van der Waals surface area contributed by atoms with Crippen LogP contribution in [-0.2, 0) is 31.3 Å².